The third kappa shape index (κ3) is 3.78. The number of hydrogen-bond acceptors (Lipinski definition) is 3. The highest BCUT2D eigenvalue weighted by Crippen LogP contribution is 2.33. The van der Waals surface area contributed by atoms with Crippen LogP contribution in [0.15, 0.2) is 61.2 Å². The van der Waals surface area contributed by atoms with Crippen LogP contribution in [0.3, 0.4) is 0 Å². The lowest BCUT2D eigenvalue weighted by molar-refractivity contribution is 0.0976. The van der Waals surface area contributed by atoms with Crippen molar-refractivity contribution in [1.29, 1.82) is 0 Å². The number of hydrogen-bond donors (Lipinski definition) is 0. The summed E-state index contributed by atoms with van der Waals surface area (Å²) in [5, 5.41) is 0. The highest BCUT2D eigenvalue weighted by Gasteiger charge is 2.26. The average molecular weight is 334 g/mol. The van der Waals surface area contributed by atoms with Crippen LogP contribution in [0.4, 0.5) is 0 Å². The molecule has 2 aliphatic rings. The Morgan fingerprint density at radius 3 is 2.48 bits per heavy atom. The van der Waals surface area contributed by atoms with Gasteiger partial charge in [-0.25, -0.2) is 0 Å². The first-order valence-electron chi connectivity index (χ1n) is 9.22. The minimum absolute atomic E-state index is 0.284. The minimum atomic E-state index is 0.284. The van der Waals surface area contributed by atoms with Crippen molar-refractivity contribution in [3.63, 3.8) is 0 Å². The van der Waals surface area contributed by atoms with Crippen LogP contribution < -0.4 is 4.74 Å². The third-order valence-corrected chi connectivity index (χ3v) is 5.22. The van der Waals surface area contributed by atoms with Crippen LogP contribution in [0.2, 0.25) is 0 Å². The monoisotopic (exact) mass is 334 g/mol. The van der Waals surface area contributed by atoms with E-state index in [0.29, 0.717) is 0 Å². The normalized spacial score (nSPS) is 20.9. The number of rotatable bonds is 5. The minimum Gasteiger partial charge on any atom is -0.488 e. The Morgan fingerprint density at radius 1 is 0.960 bits per heavy atom. The molecule has 2 aromatic rings. The summed E-state index contributed by atoms with van der Waals surface area (Å²) in [5.74, 6) is 1.06. The SMILES string of the molecule is C=CCN1CCN(CC2Cc3cc(-c4ccccc4)ccc3O2)CC1. The molecule has 2 aliphatic heterocycles. The summed E-state index contributed by atoms with van der Waals surface area (Å²) in [6.45, 7) is 10.4. The van der Waals surface area contributed by atoms with Crippen molar-refractivity contribution in [1.82, 2.24) is 9.80 Å². The van der Waals surface area contributed by atoms with Crippen LogP contribution >= 0.6 is 0 Å². The van der Waals surface area contributed by atoms with Crippen molar-refractivity contribution in [3.8, 4) is 16.9 Å². The van der Waals surface area contributed by atoms with E-state index >= 15 is 0 Å². The lowest BCUT2D eigenvalue weighted by atomic mass is 10.0. The van der Waals surface area contributed by atoms with Gasteiger partial charge in [-0.1, -0.05) is 42.5 Å². The van der Waals surface area contributed by atoms with Crippen molar-refractivity contribution in [2.24, 2.45) is 0 Å². The second-order valence-corrected chi connectivity index (χ2v) is 7.02. The van der Waals surface area contributed by atoms with E-state index in [0.717, 1.165) is 51.4 Å². The molecule has 0 N–H and O–H groups in total. The summed E-state index contributed by atoms with van der Waals surface area (Å²) < 4.78 is 6.20. The fourth-order valence-corrected chi connectivity index (χ4v) is 3.86. The van der Waals surface area contributed by atoms with Crippen LogP contribution in [0.5, 0.6) is 5.75 Å². The highest BCUT2D eigenvalue weighted by molar-refractivity contribution is 5.66. The van der Waals surface area contributed by atoms with Gasteiger partial charge < -0.3 is 4.74 Å². The van der Waals surface area contributed by atoms with Crippen molar-refractivity contribution in [3.05, 3.63) is 66.7 Å². The molecule has 1 fully saturated rings. The molecule has 1 atom stereocenters. The largest absolute Gasteiger partial charge is 0.488 e. The number of ether oxygens (including phenoxy) is 1. The lowest BCUT2D eigenvalue weighted by Gasteiger charge is -2.35. The molecule has 4 rings (SSSR count). The Bertz CT molecular complexity index is 720. The molecule has 3 heteroatoms. The molecule has 0 amide bonds. The Kier molecular flexibility index (Phi) is 4.86. The van der Waals surface area contributed by atoms with Gasteiger partial charge in [-0.2, -0.15) is 0 Å². The molecular weight excluding hydrogens is 308 g/mol. The summed E-state index contributed by atoms with van der Waals surface area (Å²) in [6.07, 6.45) is 3.30. The predicted octanol–water partition coefficient (Wildman–Crippen LogP) is 3.46. The molecule has 1 unspecified atom stereocenters. The van der Waals surface area contributed by atoms with Gasteiger partial charge in [0.25, 0.3) is 0 Å². The molecule has 0 bridgehead atoms. The van der Waals surface area contributed by atoms with E-state index in [4.69, 9.17) is 4.74 Å². The number of fused-ring (bicyclic) bond motifs is 1. The maximum atomic E-state index is 6.20. The fraction of sp³-hybridized carbons (Fsp3) is 0.364. The van der Waals surface area contributed by atoms with Gasteiger partial charge in [0.05, 0.1) is 0 Å². The van der Waals surface area contributed by atoms with Crippen molar-refractivity contribution >= 4 is 0 Å². The quantitative estimate of drug-likeness (QED) is 0.779. The van der Waals surface area contributed by atoms with Crippen molar-refractivity contribution in [2.75, 3.05) is 39.3 Å². The second-order valence-electron chi connectivity index (χ2n) is 7.02. The van der Waals surface area contributed by atoms with Gasteiger partial charge in [-0.05, 0) is 28.8 Å². The summed E-state index contributed by atoms with van der Waals surface area (Å²) in [4.78, 5) is 4.99. The van der Waals surface area contributed by atoms with E-state index < -0.39 is 0 Å². The molecule has 0 saturated carbocycles. The van der Waals surface area contributed by atoms with E-state index in [9.17, 15) is 0 Å². The fourth-order valence-electron chi connectivity index (χ4n) is 3.86. The zero-order valence-electron chi connectivity index (χ0n) is 14.7. The van der Waals surface area contributed by atoms with Gasteiger partial charge in [0, 0.05) is 45.7 Å². The van der Waals surface area contributed by atoms with Crippen molar-refractivity contribution < 1.29 is 4.74 Å². The van der Waals surface area contributed by atoms with Gasteiger partial charge in [-0.15, -0.1) is 6.58 Å². The molecule has 130 valence electrons. The molecule has 0 radical (unpaired) electrons. The van der Waals surface area contributed by atoms with Gasteiger partial charge >= 0.3 is 0 Å². The predicted molar refractivity (Wildman–Crippen MR) is 103 cm³/mol. The Labute approximate surface area is 150 Å². The summed E-state index contributed by atoms with van der Waals surface area (Å²) in [7, 11) is 0. The van der Waals surface area contributed by atoms with Crippen LogP contribution in [0.25, 0.3) is 11.1 Å². The third-order valence-electron chi connectivity index (χ3n) is 5.22. The summed E-state index contributed by atoms with van der Waals surface area (Å²) >= 11 is 0. The van der Waals surface area contributed by atoms with E-state index in [2.05, 4.69) is 64.9 Å². The van der Waals surface area contributed by atoms with Gasteiger partial charge in [0.15, 0.2) is 0 Å². The van der Waals surface area contributed by atoms with Crippen LogP contribution in [0.1, 0.15) is 5.56 Å². The standard InChI is InChI=1S/C22H26N2O/c1-2-10-23-11-13-24(14-12-23)17-21-16-20-15-19(8-9-22(20)25-21)18-6-4-3-5-7-18/h2-9,15,21H,1,10-14,16-17H2. The Morgan fingerprint density at radius 2 is 1.72 bits per heavy atom. The number of nitrogens with zero attached hydrogens (tertiary/aromatic N) is 2. The molecular formula is C22H26N2O. The number of benzene rings is 2. The summed E-state index contributed by atoms with van der Waals surface area (Å²) in [5.41, 5.74) is 3.89. The first kappa shape index (κ1) is 16.4. The lowest BCUT2D eigenvalue weighted by Crippen LogP contribution is -2.49. The second kappa shape index (κ2) is 7.42. The van der Waals surface area contributed by atoms with E-state index in [-0.39, 0.29) is 6.10 Å². The molecule has 25 heavy (non-hydrogen) atoms. The Balaban J connectivity index is 1.36. The van der Waals surface area contributed by atoms with Crippen molar-refractivity contribution in [2.45, 2.75) is 12.5 Å². The molecule has 2 aromatic carbocycles. The van der Waals surface area contributed by atoms with Gasteiger partial charge in [0.1, 0.15) is 11.9 Å². The van der Waals surface area contributed by atoms with E-state index in [1.54, 1.807) is 0 Å². The first-order valence-corrected chi connectivity index (χ1v) is 9.22. The first-order chi connectivity index (χ1) is 12.3. The van der Waals surface area contributed by atoms with Gasteiger partial charge in [-0.3, -0.25) is 9.80 Å². The van der Waals surface area contributed by atoms with Crippen LogP contribution in [-0.2, 0) is 6.42 Å². The Hall–Kier alpha value is -2.10. The molecule has 3 nitrogen and oxygen atoms in total. The molecule has 2 heterocycles. The summed E-state index contributed by atoms with van der Waals surface area (Å²) in [6, 6.07) is 17.2. The zero-order chi connectivity index (χ0) is 17.1. The maximum absolute atomic E-state index is 6.20. The topological polar surface area (TPSA) is 15.7 Å². The highest BCUT2D eigenvalue weighted by atomic mass is 16.5. The van der Waals surface area contributed by atoms with Crippen LogP contribution in [0, 0.1) is 0 Å². The smallest absolute Gasteiger partial charge is 0.123 e. The molecule has 0 aromatic heterocycles. The van der Waals surface area contributed by atoms with E-state index in [1.807, 2.05) is 6.08 Å². The maximum Gasteiger partial charge on any atom is 0.123 e. The molecule has 0 aliphatic carbocycles. The van der Waals surface area contributed by atoms with Crippen LogP contribution in [-0.4, -0.2) is 55.2 Å². The average Bonchev–Trinajstić information content (AvgIpc) is 3.06. The molecule has 0 spiro atoms. The van der Waals surface area contributed by atoms with Gasteiger partial charge in [0.2, 0.25) is 0 Å². The molecule has 1 saturated heterocycles. The number of piperazine rings is 1. The van der Waals surface area contributed by atoms with E-state index in [1.165, 1.54) is 16.7 Å². The zero-order valence-corrected chi connectivity index (χ0v) is 14.7.